The Hall–Kier alpha value is -2.86. The molecule has 6 nitrogen and oxygen atoms in total. The maximum atomic E-state index is 12.5. The number of amides is 2. The van der Waals surface area contributed by atoms with Crippen LogP contribution in [0.2, 0.25) is 0 Å². The van der Waals surface area contributed by atoms with E-state index >= 15 is 0 Å². The molecular weight excluding hydrogens is 354 g/mol. The predicted octanol–water partition coefficient (Wildman–Crippen LogP) is 3.01. The second kappa shape index (κ2) is 7.28. The number of anilines is 1. The fourth-order valence-electron chi connectivity index (χ4n) is 3.70. The van der Waals surface area contributed by atoms with Crippen molar-refractivity contribution in [2.24, 2.45) is 5.73 Å². The summed E-state index contributed by atoms with van der Waals surface area (Å²) < 4.78 is 4.68. The predicted molar refractivity (Wildman–Crippen MR) is 107 cm³/mol. The van der Waals surface area contributed by atoms with Crippen LogP contribution in [0.25, 0.3) is 0 Å². The summed E-state index contributed by atoms with van der Waals surface area (Å²) in [5.41, 5.74) is 10.2. The lowest BCUT2D eigenvalue weighted by molar-refractivity contribution is -0.140. The molecule has 0 radical (unpaired) electrons. The smallest absolute Gasteiger partial charge is 0.322 e. The van der Waals surface area contributed by atoms with Gasteiger partial charge in [-0.1, -0.05) is 36.4 Å². The molecule has 4 rings (SSSR count). The van der Waals surface area contributed by atoms with Crippen LogP contribution in [-0.2, 0) is 21.5 Å². The number of benzene rings is 2. The van der Waals surface area contributed by atoms with Crippen LogP contribution in [0.1, 0.15) is 42.0 Å². The second-order valence-electron chi connectivity index (χ2n) is 7.59. The molecule has 1 unspecified atom stereocenters. The first-order valence-electron chi connectivity index (χ1n) is 9.62. The molecule has 1 saturated carbocycles. The van der Waals surface area contributed by atoms with E-state index in [1.165, 1.54) is 7.11 Å². The van der Waals surface area contributed by atoms with Gasteiger partial charge >= 0.3 is 12.0 Å². The first kappa shape index (κ1) is 18.5. The van der Waals surface area contributed by atoms with E-state index in [4.69, 9.17) is 5.73 Å². The molecule has 2 aromatic carbocycles. The van der Waals surface area contributed by atoms with Crippen molar-refractivity contribution < 1.29 is 14.3 Å². The van der Waals surface area contributed by atoms with Gasteiger partial charge in [-0.2, -0.15) is 0 Å². The maximum Gasteiger partial charge on any atom is 0.322 e. The molecule has 3 N–H and O–H groups in total. The van der Waals surface area contributed by atoms with Crippen LogP contribution in [0.15, 0.2) is 48.5 Å². The summed E-state index contributed by atoms with van der Waals surface area (Å²) in [7, 11) is 1.39. The molecule has 1 heterocycles. The molecule has 6 heteroatoms. The average Bonchev–Trinajstić information content (AvgIpc) is 3.36. The first-order valence-corrected chi connectivity index (χ1v) is 9.62. The standard InChI is InChI=1S/C22H25N3O3/c1-28-20(26)11-4-15-2-9-18(10-3-15)25-19(14-24-21(25)27)16-5-7-17(8-6-16)22(23)12-13-22/h2-3,5-10,19H,4,11-14,23H2,1H3,(H,24,27). The van der Waals surface area contributed by atoms with E-state index in [9.17, 15) is 9.59 Å². The van der Waals surface area contributed by atoms with E-state index in [1.807, 2.05) is 24.3 Å². The zero-order valence-electron chi connectivity index (χ0n) is 16.0. The van der Waals surface area contributed by atoms with Crippen LogP contribution >= 0.6 is 0 Å². The van der Waals surface area contributed by atoms with Crippen LogP contribution < -0.4 is 16.0 Å². The third-order valence-electron chi connectivity index (χ3n) is 5.70. The second-order valence-corrected chi connectivity index (χ2v) is 7.59. The molecule has 0 aromatic heterocycles. The molecule has 28 heavy (non-hydrogen) atoms. The van der Waals surface area contributed by atoms with Crippen molar-refractivity contribution in [2.45, 2.75) is 37.3 Å². The van der Waals surface area contributed by atoms with Crippen molar-refractivity contribution in [2.75, 3.05) is 18.6 Å². The highest BCUT2D eigenvalue weighted by atomic mass is 16.5. The zero-order valence-corrected chi connectivity index (χ0v) is 16.0. The van der Waals surface area contributed by atoms with Crippen LogP contribution in [0.4, 0.5) is 10.5 Å². The van der Waals surface area contributed by atoms with E-state index in [0.29, 0.717) is 19.4 Å². The lowest BCUT2D eigenvalue weighted by Gasteiger charge is -2.24. The minimum absolute atomic E-state index is 0.0598. The van der Waals surface area contributed by atoms with Crippen LogP contribution in [0, 0.1) is 0 Å². The molecule has 1 atom stereocenters. The lowest BCUT2D eigenvalue weighted by Crippen LogP contribution is -2.29. The summed E-state index contributed by atoms with van der Waals surface area (Å²) in [6.07, 6.45) is 3.02. The van der Waals surface area contributed by atoms with Crippen LogP contribution in [0.5, 0.6) is 0 Å². The number of nitrogens with zero attached hydrogens (tertiary/aromatic N) is 1. The Labute approximate surface area is 164 Å². The minimum atomic E-state index is -0.225. The van der Waals surface area contributed by atoms with E-state index < -0.39 is 0 Å². The summed E-state index contributed by atoms with van der Waals surface area (Å²) in [6.45, 7) is 0.566. The fourth-order valence-corrected chi connectivity index (χ4v) is 3.70. The summed E-state index contributed by atoms with van der Waals surface area (Å²) in [5.74, 6) is -0.225. The largest absolute Gasteiger partial charge is 0.469 e. The molecule has 146 valence electrons. The number of hydrogen-bond acceptors (Lipinski definition) is 4. The number of rotatable bonds is 6. The molecule has 1 saturated heterocycles. The number of carbonyl (C=O) groups is 2. The fraction of sp³-hybridized carbons (Fsp3) is 0.364. The number of urea groups is 1. The topological polar surface area (TPSA) is 84.7 Å². The normalized spacial score (nSPS) is 20.0. The Morgan fingerprint density at radius 1 is 1.18 bits per heavy atom. The first-order chi connectivity index (χ1) is 13.5. The SMILES string of the molecule is COC(=O)CCc1ccc(N2C(=O)NCC2c2ccc(C3(N)CC3)cc2)cc1. The van der Waals surface area contributed by atoms with Crippen molar-refractivity contribution in [1.29, 1.82) is 0 Å². The minimum Gasteiger partial charge on any atom is -0.469 e. The summed E-state index contributed by atoms with van der Waals surface area (Å²) >= 11 is 0. The molecule has 1 aliphatic carbocycles. The van der Waals surface area contributed by atoms with E-state index in [2.05, 4.69) is 34.3 Å². The molecule has 0 spiro atoms. The van der Waals surface area contributed by atoms with E-state index in [1.54, 1.807) is 4.90 Å². The molecular formula is C22H25N3O3. The van der Waals surface area contributed by atoms with Gasteiger partial charge in [-0.15, -0.1) is 0 Å². The number of ether oxygens (including phenoxy) is 1. The molecule has 2 amide bonds. The van der Waals surface area contributed by atoms with Gasteiger partial charge in [0.15, 0.2) is 0 Å². The Kier molecular flexibility index (Phi) is 4.81. The Morgan fingerprint density at radius 2 is 1.86 bits per heavy atom. The van der Waals surface area contributed by atoms with Gasteiger partial charge in [-0.05, 0) is 48.1 Å². The average molecular weight is 379 g/mol. The van der Waals surface area contributed by atoms with Gasteiger partial charge in [0.1, 0.15) is 0 Å². The molecule has 2 fully saturated rings. The Bertz CT molecular complexity index is 873. The van der Waals surface area contributed by atoms with Gasteiger partial charge in [0.05, 0.1) is 13.2 Å². The van der Waals surface area contributed by atoms with Crippen molar-refractivity contribution in [3.05, 3.63) is 65.2 Å². The molecule has 2 aromatic rings. The summed E-state index contributed by atoms with van der Waals surface area (Å²) in [4.78, 5) is 25.6. The van der Waals surface area contributed by atoms with Gasteiger partial charge < -0.3 is 15.8 Å². The van der Waals surface area contributed by atoms with Crippen molar-refractivity contribution in [3.8, 4) is 0 Å². The summed E-state index contributed by atoms with van der Waals surface area (Å²) in [6, 6.07) is 15.9. The Morgan fingerprint density at radius 3 is 2.46 bits per heavy atom. The number of esters is 1. The number of nitrogens with two attached hydrogens (primary N) is 1. The lowest BCUT2D eigenvalue weighted by atomic mass is 9.99. The van der Waals surface area contributed by atoms with Gasteiger partial charge in [-0.3, -0.25) is 9.69 Å². The maximum absolute atomic E-state index is 12.5. The third-order valence-corrected chi connectivity index (χ3v) is 5.70. The highest BCUT2D eigenvalue weighted by molar-refractivity contribution is 5.95. The molecule has 0 bridgehead atoms. The highest BCUT2D eigenvalue weighted by Crippen LogP contribution is 2.43. The quantitative estimate of drug-likeness (QED) is 0.756. The van der Waals surface area contributed by atoms with Gasteiger partial charge in [0, 0.05) is 24.2 Å². The highest BCUT2D eigenvalue weighted by Gasteiger charge is 2.40. The zero-order chi connectivity index (χ0) is 19.7. The van der Waals surface area contributed by atoms with Crippen LogP contribution in [0.3, 0.4) is 0 Å². The summed E-state index contributed by atoms with van der Waals surface area (Å²) in [5, 5.41) is 2.94. The van der Waals surface area contributed by atoms with E-state index in [-0.39, 0.29) is 23.6 Å². The van der Waals surface area contributed by atoms with Gasteiger partial charge in [-0.25, -0.2) is 4.79 Å². The number of hydrogen-bond donors (Lipinski definition) is 2. The van der Waals surface area contributed by atoms with Gasteiger partial charge in [0.2, 0.25) is 0 Å². The number of carbonyl (C=O) groups excluding carboxylic acids is 2. The number of methoxy groups -OCH3 is 1. The van der Waals surface area contributed by atoms with Crippen molar-refractivity contribution in [3.63, 3.8) is 0 Å². The number of nitrogens with one attached hydrogen (secondary N) is 1. The van der Waals surface area contributed by atoms with Crippen molar-refractivity contribution >= 4 is 17.7 Å². The molecule has 2 aliphatic rings. The monoisotopic (exact) mass is 379 g/mol. The van der Waals surface area contributed by atoms with Gasteiger partial charge in [0.25, 0.3) is 0 Å². The van der Waals surface area contributed by atoms with Crippen molar-refractivity contribution in [1.82, 2.24) is 5.32 Å². The van der Waals surface area contributed by atoms with Crippen LogP contribution in [-0.4, -0.2) is 25.7 Å². The number of aryl methyl sites for hydroxylation is 1. The Balaban J connectivity index is 1.50. The third kappa shape index (κ3) is 3.60. The van der Waals surface area contributed by atoms with E-state index in [0.717, 1.165) is 35.2 Å². The molecule has 1 aliphatic heterocycles.